The predicted octanol–water partition coefficient (Wildman–Crippen LogP) is 2.94. The second-order valence-corrected chi connectivity index (χ2v) is 5.65. The van der Waals surface area contributed by atoms with E-state index in [0.717, 1.165) is 5.92 Å². The molecular weight excluding hydrogens is 228 g/mol. The van der Waals surface area contributed by atoms with Crippen molar-refractivity contribution in [2.45, 2.75) is 11.3 Å². The maximum atomic E-state index is 4.17. The van der Waals surface area contributed by atoms with E-state index in [4.69, 9.17) is 0 Å². The molecule has 17 heavy (non-hydrogen) atoms. The van der Waals surface area contributed by atoms with Crippen molar-refractivity contribution in [3.63, 3.8) is 0 Å². The Morgan fingerprint density at radius 1 is 1.29 bits per heavy atom. The van der Waals surface area contributed by atoms with Gasteiger partial charge in [-0.3, -0.25) is 4.98 Å². The van der Waals surface area contributed by atoms with Crippen LogP contribution in [0.1, 0.15) is 6.42 Å². The Bertz CT molecular complexity index is 506. The highest BCUT2D eigenvalue weighted by molar-refractivity contribution is 7.99. The molecule has 1 saturated heterocycles. The molecule has 1 atom stereocenters. The number of hydrogen-bond acceptors (Lipinski definition) is 3. The molecule has 2 nitrogen and oxygen atoms in total. The summed E-state index contributed by atoms with van der Waals surface area (Å²) in [5.41, 5.74) is 0. The van der Waals surface area contributed by atoms with Gasteiger partial charge >= 0.3 is 0 Å². The summed E-state index contributed by atoms with van der Waals surface area (Å²) in [6.45, 7) is 2.37. The molecule has 1 N–H and O–H groups in total. The van der Waals surface area contributed by atoms with Gasteiger partial charge in [0.15, 0.2) is 0 Å². The van der Waals surface area contributed by atoms with Crippen LogP contribution >= 0.6 is 11.8 Å². The first kappa shape index (κ1) is 11.1. The third kappa shape index (κ3) is 2.61. The van der Waals surface area contributed by atoms with Crippen LogP contribution < -0.4 is 5.32 Å². The second kappa shape index (κ2) is 5.07. The number of rotatable bonds is 3. The van der Waals surface area contributed by atoms with Gasteiger partial charge in [0.05, 0.1) is 0 Å². The molecule has 1 aromatic carbocycles. The lowest BCUT2D eigenvalue weighted by Crippen LogP contribution is -2.10. The van der Waals surface area contributed by atoms with Crippen molar-refractivity contribution < 1.29 is 0 Å². The summed E-state index contributed by atoms with van der Waals surface area (Å²) < 4.78 is 0. The Hall–Kier alpha value is -1.06. The highest BCUT2D eigenvalue weighted by Gasteiger charge is 2.14. The lowest BCUT2D eigenvalue weighted by atomic mass is 10.2. The maximum Gasteiger partial charge on any atom is 0.0346 e. The van der Waals surface area contributed by atoms with E-state index in [9.17, 15) is 0 Å². The Labute approximate surface area is 106 Å². The van der Waals surface area contributed by atoms with Crippen LogP contribution in [0.15, 0.2) is 41.6 Å². The fourth-order valence-electron chi connectivity index (χ4n) is 2.22. The van der Waals surface area contributed by atoms with Crippen LogP contribution in [0.5, 0.6) is 0 Å². The highest BCUT2D eigenvalue weighted by atomic mass is 32.2. The first-order valence-electron chi connectivity index (χ1n) is 6.09. The molecule has 1 aromatic heterocycles. The molecule has 0 amide bonds. The molecular formula is C14H16N2S. The Morgan fingerprint density at radius 2 is 2.29 bits per heavy atom. The first-order chi connectivity index (χ1) is 8.42. The fraction of sp³-hybridized carbons (Fsp3) is 0.357. The van der Waals surface area contributed by atoms with Crippen LogP contribution in [0.3, 0.4) is 0 Å². The van der Waals surface area contributed by atoms with Crippen molar-refractivity contribution in [3.8, 4) is 0 Å². The normalized spacial score (nSPS) is 19.9. The third-order valence-corrected chi connectivity index (χ3v) is 4.49. The minimum Gasteiger partial charge on any atom is -0.316 e. The van der Waals surface area contributed by atoms with Crippen molar-refractivity contribution in [1.82, 2.24) is 10.3 Å². The van der Waals surface area contributed by atoms with E-state index in [1.807, 2.05) is 24.2 Å². The summed E-state index contributed by atoms with van der Waals surface area (Å²) in [6, 6.07) is 8.71. The summed E-state index contributed by atoms with van der Waals surface area (Å²) in [7, 11) is 0. The van der Waals surface area contributed by atoms with Gasteiger partial charge in [0.1, 0.15) is 0 Å². The summed E-state index contributed by atoms with van der Waals surface area (Å²) in [5.74, 6) is 2.06. The first-order valence-corrected chi connectivity index (χ1v) is 7.08. The predicted molar refractivity (Wildman–Crippen MR) is 73.4 cm³/mol. The lowest BCUT2D eigenvalue weighted by molar-refractivity contribution is 0.663. The quantitative estimate of drug-likeness (QED) is 0.840. The topological polar surface area (TPSA) is 24.9 Å². The largest absolute Gasteiger partial charge is 0.316 e. The highest BCUT2D eigenvalue weighted by Crippen LogP contribution is 2.26. The molecule has 88 valence electrons. The number of aromatic nitrogens is 1. The van der Waals surface area contributed by atoms with Crippen LogP contribution in [0.2, 0.25) is 0 Å². The number of pyridine rings is 1. The maximum absolute atomic E-state index is 4.17. The molecule has 3 heteroatoms. The van der Waals surface area contributed by atoms with Crippen molar-refractivity contribution in [2.24, 2.45) is 5.92 Å². The minimum atomic E-state index is 0.838. The zero-order valence-electron chi connectivity index (χ0n) is 9.73. The Kier molecular flexibility index (Phi) is 3.29. The molecule has 0 spiro atoms. The van der Waals surface area contributed by atoms with Crippen LogP contribution in [0, 0.1) is 5.92 Å². The van der Waals surface area contributed by atoms with Gasteiger partial charge < -0.3 is 5.32 Å². The molecule has 2 heterocycles. The average Bonchev–Trinajstić information content (AvgIpc) is 2.89. The number of nitrogens with one attached hydrogen (secondary N) is 1. The molecule has 0 saturated carbocycles. The SMILES string of the molecule is c1cc2ccc(SCC3CCNC3)cc2cn1. The average molecular weight is 244 g/mol. The molecule has 3 rings (SSSR count). The van der Waals surface area contributed by atoms with Crippen LogP contribution in [0.25, 0.3) is 10.8 Å². The molecule has 1 aliphatic rings. The Morgan fingerprint density at radius 3 is 3.18 bits per heavy atom. The van der Waals surface area contributed by atoms with Crippen molar-refractivity contribution in [1.29, 1.82) is 0 Å². The van der Waals surface area contributed by atoms with E-state index in [1.54, 1.807) is 0 Å². The van der Waals surface area contributed by atoms with E-state index < -0.39 is 0 Å². The number of hydrogen-bond donors (Lipinski definition) is 1. The van der Waals surface area contributed by atoms with Crippen molar-refractivity contribution in [2.75, 3.05) is 18.8 Å². The van der Waals surface area contributed by atoms with Gasteiger partial charge in [0.25, 0.3) is 0 Å². The lowest BCUT2D eigenvalue weighted by Gasteiger charge is -2.08. The molecule has 0 bridgehead atoms. The van der Waals surface area contributed by atoms with Gasteiger partial charge in [0.2, 0.25) is 0 Å². The molecule has 0 radical (unpaired) electrons. The second-order valence-electron chi connectivity index (χ2n) is 4.55. The minimum absolute atomic E-state index is 0.838. The van der Waals surface area contributed by atoms with E-state index in [0.29, 0.717) is 0 Å². The van der Waals surface area contributed by atoms with Gasteiger partial charge in [0, 0.05) is 28.4 Å². The molecule has 1 aliphatic heterocycles. The van der Waals surface area contributed by atoms with Gasteiger partial charge in [-0.15, -0.1) is 11.8 Å². The van der Waals surface area contributed by atoms with Crippen LogP contribution in [0.4, 0.5) is 0 Å². The third-order valence-electron chi connectivity index (χ3n) is 3.26. The number of nitrogens with zero attached hydrogens (tertiary/aromatic N) is 1. The van der Waals surface area contributed by atoms with Gasteiger partial charge in [-0.25, -0.2) is 0 Å². The standard InChI is InChI=1S/C14H16N2S/c1-2-14(17-10-11-3-5-15-8-11)7-13-9-16-6-4-12(1)13/h1-2,4,6-7,9,11,15H,3,5,8,10H2. The molecule has 1 unspecified atom stereocenters. The van der Waals surface area contributed by atoms with Gasteiger partial charge in [-0.05, 0) is 49.0 Å². The van der Waals surface area contributed by atoms with E-state index in [1.165, 1.54) is 40.9 Å². The van der Waals surface area contributed by atoms with Gasteiger partial charge in [-0.1, -0.05) is 6.07 Å². The van der Waals surface area contributed by atoms with Crippen molar-refractivity contribution >= 4 is 22.5 Å². The summed E-state index contributed by atoms with van der Waals surface area (Å²) in [6.07, 6.45) is 5.11. The number of benzene rings is 1. The van der Waals surface area contributed by atoms with Crippen LogP contribution in [-0.4, -0.2) is 23.8 Å². The fourth-order valence-corrected chi connectivity index (χ4v) is 3.31. The van der Waals surface area contributed by atoms with E-state index >= 15 is 0 Å². The Balaban J connectivity index is 1.72. The van der Waals surface area contributed by atoms with Crippen molar-refractivity contribution in [3.05, 3.63) is 36.7 Å². The summed E-state index contributed by atoms with van der Waals surface area (Å²) in [4.78, 5) is 5.53. The number of fused-ring (bicyclic) bond motifs is 1. The summed E-state index contributed by atoms with van der Waals surface area (Å²) >= 11 is 1.96. The number of thioether (sulfide) groups is 1. The van der Waals surface area contributed by atoms with Crippen LogP contribution in [-0.2, 0) is 0 Å². The molecule has 0 aliphatic carbocycles. The molecule has 2 aromatic rings. The van der Waals surface area contributed by atoms with E-state index in [2.05, 4.69) is 34.6 Å². The zero-order valence-corrected chi connectivity index (χ0v) is 10.5. The smallest absolute Gasteiger partial charge is 0.0346 e. The summed E-state index contributed by atoms with van der Waals surface area (Å²) in [5, 5.41) is 5.92. The zero-order chi connectivity index (χ0) is 11.5. The molecule has 1 fully saturated rings. The van der Waals surface area contributed by atoms with E-state index in [-0.39, 0.29) is 0 Å². The van der Waals surface area contributed by atoms with Gasteiger partial charge in [-0.2, -0.15) is 0 Å². The monoisotopic (exact) mass is 244 g/mol.